The van der Waals surface area contributed by atoms with Gasteiger partial charge >= 0.3 is 5.97 Å². The molecule has 0 amide bonds. The highest BCUT2D eigenvalue weighted by Gasteiger charge is 2.23. The summed E-state index contributed by atoms with van der Waals surface area (Å²) in [7, 11) is 1.34. The molecule has 2 aromatic rings. The van der Waals surface area contributed by atoms with Gasteiger partial charge < -0.3 is 9.30 Å². The fourth-order valence-corrected chi connectivity index (χ4v) is 2.45. The molecule has 0 spiro atoms. The molecule has 4 heteroatoms. The van der Waals surface area contributed by atoms with Gasteiger partial charge in [0.25, 0.3) is 0 Å². The molecule has 0 atom stereocenters. The van der Waals surface area contributed by atoms with Crippen molar-refractivity contribution in [3.8, 4) is 0 Å². The lowest BCUT2D eigenvalue weighted by molar-refractivity contribution is 0.0600. The number of ether oxygens (including phenoxy) is 1. The highest BCUT2D eigenvalue weighted by Crippen LogP contribution is 2.22. The predicted octanol–water partition coefficient (Wildman–Crippen LogP) is 2.06. The average Bonchev–Trinajstić information content (AvgIpc) is 2.83. The van der Waals surface area contributed by atoms with E-state index in [0.717, 1.165) is 17.5 Å². The molecule has 1 aromatic heterocycles. The van der Waals surface area contributed by atoms with Gasteiger partial charge in [-0.3, -0.25) is 4.79 Å². The molecule has 0 radical (unpaired) electrons. The molecule has 3 rings (SSSR count). The number of carbonyl (C=O) groups is 2. The first-order valence-electron chi connectivity index (χ1n) is 6.12. The Hall–Kier alpha value is -2.36. The van der Waals surface area contributed by atoms with Crippen molar-refractivity contribution in [3.63, 3.8) is 0 Å². The molecule has 0 saturated heterocycles. The van der Waals surface area contributed by atoms with Crippen LogP contribution >= 0.6 is 0 Å². The van der Waals surface area contributed by atoms with Gasteiger partial charge in [-0.25, -0.2) is 4.79 Å². The first kappa shape index (κ1) is 11.7. The third-order valence-electron chi connectivity index (χ3n) is 3.43. The number of fused-ring (bicyclic) bond motifs is 2. The number of hydrogen-bond acceptors (Lipinski definition) is 3. The van der Waals surface area contributed by atoms with E-state index in [4.69, 9.17) is 0 Å². The van der Waals surface area contributed by atoms with E-state index in [1.54, 1.807) is 12.3 Å². The average molecular weight is 255 g/mol. The molecule has 2 heterocycles. The molecular weight excluding hydrogens is 242 g/mol. The fraction of sp³-hybridized carbons (Fsp3) is 0.200. The summed E-state index contributed by atoms with van der Waals surface area (Å²) in [5, 5.41) is 0. The van der Waals surface area contributed by atoms with E-state index < -0.39 is 5.97 Å². The van der Waals surface area contributed by atoms with Crippen LogP contribution in [0.1, 0.15) is 32.0 Å². The summed E-state index contributed by atoms with van der Waals surface area (Å²) in [6.07, 6.45) is 2.47. The van der Waals surface area contributed by atoms with Crippen LogP contribution in [-0.4, -0.2) is 23.4 Å². The summed E-state index contributed by atoms with van der Waals surface area (Å²) in [4.78, 5) is 24.0. The molecule has 1 aliphatic rings. The number of aromatic nitrogens is 1. The molecule has 0 fully saturated rings. The highest BCUT2D eigenvalue weighted by atomic mass is 16.5. The largest absolute Gasteiger partial charge is 0.465 e. The van der Waals surface area contributed by atoms with Crippen LogP contribution in [0.4, 0.5) is 0 Å². The smallest absolute Gasteiger partial charge is 0.339 e. The Morgan fingerprint density at radius 2 is 2.11 bits per heavy atom. The number of aryl methyl sites for hydroxylation is 2. The van der Waals surface area contributed by atoms with Gasteiger partial charge in [-0.2, -0.15) is 0 Å². The first-order chi connectivity index (χ1) is 9.20. The Labute approximate surface area is 110 Å². The molecule has 0 N–H and O–H groups in total. The Morgan fingerprint density at radius 3 is 2.89 bits per heavy atom. The second kappa shape index (κ2) is 4.39. The van der Waals surface area contributed by atoms with Gasteiger partial charge in [-0.15, -0.1) is 0 Å². The third kappa shape index (κ3) is 1.85. The summed E-state index contributed by atoms with van der Waals surface area (Å²) < 4.78 is 6.51. The van der Waals surface area contributed by atoms with Crippen LogP contribution in [0.2, 0.25) is 0 Å². The van der Waals surface area contributed by atoms with Crippen LogP contribution in [0.5, 0.6) is 0 Å². The predicted molar refractivity (Wildman–Crippen MR) is 69.4 cm³/mol. The normalized spacial score (nSPS) is 13.4. The van der Waals surface area contributed by atoms with Crippen LogP contribution in [0.15, 0.2) is 36.5 Å². The summed E-state index contributed by atoms with van der Waals surface area (Å²) in [5.41, 5.74) is 2.74. The number of hydrogen-bond donors (Lipinski definition) is 0. The van der Waals surface area contributed by atoms with Crippen molar-refractivity contribution in [2.45, 2.75) is 13.0 Å². The molecular formula is C15H13NO3. The van der Waals surface area contributed by atoms with Gasteiger partial charge in [0.1, 0.15) is 0 Å². The summed E-state index contributed by atoms with van der Waals surface area (Å²) >= 11 is 0. The molecule has 0 saturated carbocycles. The minimum atomic E-state index is -0.415. The highest BCUT2D eigenvalue weighted by molar-refractivity contribution is 6.10. The summed E-state index contributed by atoms with van der Waals surface area (Å²) in [6.45, 7) is 0.690. The van der Waals surface area contributed by atoms with Crippen LogP contribution in [-0.2, 0) is 17.7 Å². The molecule has 1 aromatic carbocycles. The number of nitrogens with zero attached hydrogens (tertiary/aromatic N) is 1. The van der Waals surface area contributed by atoms with E-state index in [1.807, 2.05) is 28.8 Å². The van der Waals surface area contributed by atoms with Crippen molar-refractivity contribution in [2.75, 3.05) is 7.11 Å². The van der Waals surface area contributed by atoms with Gasteiger partial charge in [0.15, 0.2) is 0 Å². The molecule has 1 aliphatic heterocycles. The molecule has 0 bridgehead atoms. The van der Waals surface area contributed by atoms with Crippen molar-refractivity contribution >= 4 is 11.8 Å². The van der Waals surface area contributed by atoms with Crippen LogP contribution in [0.3, 0.4) is 0 Å². The number of benzene rings is 1. The van der Waals surface area contributed by atoms with Gasteiger partial charge in [0, 0.05) is 18.3 Å². The Bertz CT molecular complexity index is 670. The number of carbonyl (C=O) groups excluding carboxylic acids is 2. The Morgan fingerprint density at radius 1 is 1.32 bits per heavy atom. The monoisotopic (exact) mass is 255 g/mol. The zero-order chi connectivity index (χ0) is 13.4. The van der Waals surface area contributed by atoms with Crippen molar-refractivity contribution in [3.05, 3.63) is 58.9 Å². The lowest BCUT2D eigenvalue weighted by atomic mass is 10.0. The zero-order valence-electron chi connectivity index (χ0n) is 10.6. The second-order valence-electron chi connectivity index (χ2n) is 4.54. The molecule has 0 aliphatic carbocycles. The summed E-state index contributed by atoms with van der Waals surface area (Å²) in [6, 6.07) is 9.21. The van der Waals surface area contributed by atoms with Crippen LogP contribution < -0.4 is 0 Å². The Balaban J connectivity index is 2.10. The fourth-order valence-electron chi connectivity index (χ4n) is 2.45. The van der Waals surface area contributed by atoms with Gasteiger partial charge in [-0.1, -0.05) is 24.3 Å². The van der Waals surface area contributed by atoms with E-state index in [0.29, 0.717) is 17.8 Å². The van der Waals surface area contributed by atoms with E-state index in [2.05, 4.69) is 4.74 Å². The van der Waals surface area contributed by atoms with E-state index in [9.17, 15) is 9.59 Å². The van der Waals surface area contributed by atoms with E-state index >= 15 is 0 Å². The van der Waals surface area contributed by atoms with E-state index in [1.165, 1.54) is 7.11 Å². The molecule has 19 heavy (non-hydrogen) atoms. The number of ketones is 1. The number of rotatable bonds is 1. The maximum absolute atomic E-state index is 12.5. The van der Waals surface area contributed by atoms with Gasteiger partial charge in [0.05, 0.1) is 18.4 Å². The van der Waals surface area contributed by atoms with Crippen molar-refractivity contribution in [1.82, 2.24) is 4.57 Å². The standard InChI is InChI=1S/C15H13NO3/c1-19-15(18)11-8-13-14(17)12-5-3-2-4-10(12)6-7-16(13)9-11/h2-5,8-9H,6-7H2,1H3. The Kier molecular flexibility index (Phi) is 2.71. The maximum Gasteiger partial charge on any atom is 0.339 e. The minimum absolute atomic E-state index is 0.0387. The van der Waals surface area contributed by atoms with Gasteiger partial charge in [0.2, 0.25) is 5.78 Å². The molecule has 0 unspecified atom stereocenters. The topological polar surface area (TPSA) is 48.3 Å². The summed E-state index contributed by atoms with van der Waals surface area (Å²) in [5.74, 6) is -0.454. The van der Waals surface area contributed by atoms with E-state index in [-0.39, 0.29) is 5.78 Å². The van der Waals surface area contributed by atoms with Crippen LogP contribution in [0, 0.1) is 0 Å². The number of methoxy groups -OCH3 is 1. The molecule has 4 nitrogen and oxygen atoms in total. The SMILES string of the molecule is COC(=O)c1cc2n(c1)CCc1ccccc1C2=O. The first-order valence-corrected chi connectivity index (χ1v) is 6.12. The second-order valence-corrected chi connectivity index (χ2v) is 4.54. The number of esters is 1. The lowest BCUT2D eigenvalue weighted by Gasteiger charge is -2.02. The zero-order valence-corrected chi connectivity index (χ0v) is 10.6. The van der Waals surface area contributed by atoms with Crippen molar-refractivity contribution in [2.24, 2.45) is 0 Å². The quantitative estimate of drug-likeness (QED) is 0.733. The molecule has 96 valence electrons. The third-order valence-corrected chi connectivity index (χ3v) is 3.43. The van der Waals surface area contributed by atoms with Gasteiger partial charge in [-0.05, 0) is 18.1 Å². The van der Waals surface area contributed by atoms with Crippen molar-refractivity contribution in [1.29, 1.82) is 0 Å². The van der Waals surface area contributed by atoms with Crippen LogP contribution in [0.25, 0.3) is 0 Å². The van der Waals surface area contributed by atoms with Crippen molar-refractivity contribution < 1.29 is 14.3 Å². The lowest BCUT2D eigenvalue weighted by Crippen LogP contribution is -2.06. The minimum Gasteiger partial charge on any atom is -0.465 e. The maximum atomic E-state index is 12.5.